The molecule has 1 aromatic rings. The molecule has 1 unspecified atom stereocenters. The van der Waals surface area contributed by atoms with Gasteiger partial charge in [-0.25, -0.2) is 0 Å². The molecule has 0 saturated heterocycles. The third-order valence-corrected chi connectivity index (χ3v) is 1.95. The Bertz CT molecular complexity index is 237. The highest BCUT2D eigenvalue weighted by Gasteiger charge is 2.01. The van der Waals surface area contributed by atoms with Gasteiger partial charge in [0.25, 0.3) is 0 Å². The van der Waals surface area contributed by atoms with Gasteiger partial charge in [0.15, 0.2) is 0 Å². The van der Waals surface area contributed by atoms with Gasteiger partial charge in [-0.3, -0.25) is 4.79 Å². The van der Waals surface area contributed by atoms with E-state index < -0.39 is 6.10 Å². The zero-order chi connectivity index (χ0) is 6.85. The van der Waals surface area contributed by atoms with Gasteiger partial charge in [-0.15, -0.1) is 0 Å². The molecule has 0 bridgehead atoms. The van der Waals surface area contributed by atoms with E-state index in [1.807, 2.05) is 0 Å². The zero-order valence-electron chi connectivity index (χ0n) is 4.92. The summed E-state index contributed by atoms with van der Waals surface area (Å²) in [5.74, 6) is 0. The maximum absolute atomic E-state index is 10.4. The van der Waals surface area contributed by atoms with Crippen molar-refractivity contribution in [2.75, 3.05) is 0 Å². The quantitative estimate of drug-likeness (QED) is 0.604. The molecule has 0 aromatic carbocycles. The Labute approximate surface area is 56.0 Å². The fourth-order valence-corrected chi connectivity index (χ4v) is 1.12. The van der Waals surface area contributed by atoms with Crippen LogP contribution in [-0.4, -0.2) is 10.1 Å². The first-order valence-corrected chi connectivity index (χ1v) is 3.38. The molecule has 4 heteroatoms. The van der Waals surface area contributed by atoms with Crippen LogP contribution in [0, 0.1) is 0 Å². The molecule has 9 heavy (non-hydrogen) atoms. The van der Waals surface area contributed by atoms with Crippen molar-refractivity contribution in [1.29, 1.82) is 0 Å². The fraction of sp³-hybridized carbons (Fsp3) is 0.400. The molecule has 0 radical (unpaired) electrons. The summed E-state index contributed by atoms with van der Waals surface area (Å²) in [4.78, 5) is 13.5. The van der Waals surface area contributed by atoms with E-state index in [4.69, 9.17) is 5.11 Å². The van der Waals surface area contributed by atoms with Gasteiger partial charge in [-0.1, -0.05) is 11.3 Å². The zero-order valence-corrected chi connectivity index (χ0v) is 5.73. The summed E-state index contributed by atoms with van der Waals surface area (Å²) in [6, 6.07) is 0. The van der Waals surface area contributed by atoms with Crippen LogP contribution in [0.25, 0.3) is 0 Å². The Hall–Kier alpha value is -0.610. The number of aromatic nitrogens is 1. The summed E-state index contributed by atoms with van der Waals surface area (Å²) in [6.45, 7) is 1.62. The minimum Gasteiger partial charge on any atom is -0.388 e. The van der Waals surface area contributed by atoms with E-state index in [2.05, 4.69) is 4.98 Å². The maximum atomic E-state index is 10.4. The highest BCUT2D eigenvalue weighted by Crippen LogP contribution is 2.11. The standard InChI is InChI=1S/C5H7NO2S/c1-3(7)4-2-6-5(8)9-4/h2-3,7H,1H3,(H,6,8). The first-order valence-electron chi connectivity index (χ1n) is 2.56. The lowest BCUT2D eigenvalue weighted by Gasteiger charge is -1.93. The number of hydrogen-bond acceptors (Lipinski definition) is 3. The van der Waals surface area contributed by atoms with Crippen molar-refractivity contribution in [3.05, 3.63) is 20.7 Å². The molecule has 0 amide bonds. The number of nitrogens with one attached hydrogen (secondary N) is 1. The van der Waals surface area contributed by atoms with Gasteiger partial charge in [-0.05, 0) is 6.92 Å². The summed E-state index contributed by atoms with van der Waals surface area (Å²) in [5, 5.41) is 8.89. The van der Waals surface area contributed by atoms with Crippen LogP contribution in [0.15, 0.2) is 11.0 Å². The molecule has 0 spiro atoms. The van der Waals surface area contributed by atoms with E-state index in [0.717, 1.165) is 11.3 Å². The molecule has 0 fully saturated rings. The van der Waals surface area contributed by atoms with Crippen molar-refractivity contribution in [1.82, 2.24) is 4.98 Å². The average molecular weight is 145 g/mol. The Morgan fingerprint density at radius 2 is 2.56 bits per heavy atom. The van der Waals surface area contributed by atoms with Crippen molar-refractivity contribution in [3.8, 4) is 0 Å². The van der Waals surface area contributed by atoms with Crippen LogP contribution < -0.4 is 4.87 Å². The lowest BCUT2D eigenvalue weighted by molar-refractivity contribution is 0.203. The average Bonchev–Trinajstić information content (AvgIpc) is 2.14. The second-order valence-corrected chi connectivity index (χ2v) is 2.80. The van der Waals surface area contributed by atoms with E-state index in [0.29, 0.717) is 4.88 Å². The second-order valence-electron chi connectivity index (χ2n) is 1.76. The van der Waals surface area contributed by atoms with Crippen LogP contribution in [0.5, 0.6) is 0 Å². The molecule has 3 nitrogen and oxygen atoms in total. The molecule has 50 valence electrons. The van der Waals surface area contributed by atoms with Gasteiger partial charge in [0.1, 0.15) is 0 Å². The highest BCUT2D eigenvalue weighted by atomic mass is 32.1. The number of rotatable bonds is 1. The molecular formula is C5H7NO2S. The third kappa shape index (κ3) is 1.40. The number of thiazole rings is 1. The first-order chi connectivity index (χ1) is 4.20. The molecule has 0 aliphatic rings. The van der Waals surface area contributed by atoms with Gasteiger partial charge in [0.05, 0.1) is 11.0 Å². The Morgan fingerprint density at radius 1 is 1.89 bits per heavy atom. The van der Waals surface area contributed by atoms with Gasteiger partial charge < -0.3 is 10.1 Å². The smallest absolute Gasteiger partial charge is 0.304 e. The Balaban J connectivity index is 2.98. The fourth-order valence-electron chi connectivity index (χ4n) is 0.502. The molecule has 1 heterocycles. The summed E-state index contributed by atoms with van der Waals surface area (Å²) >= 11 is 1.03. The topological polar surface area (TPSA) is 53.1 Å². The van der Waals surface area contributed by atoms with E-state index in [1.54, 1.807) is 6.92 Å². The van der Waals surface area contributed by atoms with Crippen LogP contribution in [0.4, 0.5) is 0 Å². The lowest BCUT2D eigenvalue weighted by atomic mass is 10.4. The maximum Gasteiger partial charge on any atom is 0.304 e. The van der Waals surface area contributed by atoms with Crippen LogP contribution in [0.3, 0.4) is 0 Å². The largest absolute Gasteiger partial charge is 0.388 e. The van der Waals surface area contributed by atoms with Crippen LogP contribution in [-0.2, 0) is 0 Å². The minimum absolute atomic E-state index is 0.120. The van der Waals surface area contributed by atoms with Crippen LogP contribution >= 0.6 is 11.3 Å². The summed E-state index contributed by atoms with van der Waals surface area (Å²) < 4.78 is 0. The van der Waals surface area contributed by atoms with E-state index >= 15 is 0 Å². The molecule has 0 aliphatic carbocycles. The van der Waals surface area contributed by atoms with E-state index in [-0.39, 0.29) is 4.87 Å². The Morgan fingerprint density at radius 3 is 2.78 bits per heavy atom. The summed E-state index contributed by atoms with van der Waals surface area (Å²) in [7, 11) is 0. The summed E-state index contributed by atoms with van der Waals surface area (Å²) in [5.41, 5.74) is 0. The van der Waals surface area contributed by atoms with Crippen molar-refractivity contribution in [2.45, 2.75) is 13.0 Å². The van der Waals surface area contributed by atoms with E-state index in [9.17, 15) is 4.79 Å². The monoisotopic (exact) mass is 145 g/mol. The third-order valence-electron chi connectivity index (χ3n) is 0.955. The van der Waals surface area contributed by atoms with Crippen molar-refractivity contribution >= 4 is 11.3 Å². The lowest BCUT2D eigenvalue weighted by Crippen LogP contribution is -1.88. The molecule has 2 N–H and O–H groups in total. The van der Waals surface area contributed by atoms with Gasteiger partial charge >= 0.3 is 4.87 Å². The van der Waals surface area contributed by atoms with Crippen molar-refractivity contribution < 1.29 is 5.11 Å². The number of hydrogen-bond donors (Lipinski definition) is 2. The highest BCUT2D eigenvalue weighted by molar-refractivity contribution is 7.09. The van der Waals surface area contributed by atoms with Gasteiger partial charge in [-0.2, -0.15) is 0 Å². The number of H-pyrrole nitrogens is 1. The van der Waals surface area contributed by atoms with Crippen molar-refractivity contribution in [3.63, 3.8) is 0 Å². The number of aliphatic hydroxyl groups is 1. The Kier molecular flexibility index (Phi) is 1.68. The first kappa shape index (κ1) is 6.51. The molecular weight excluding hydrogens is 138 g/mol. The number of aliphatic hydroxyl groups excluding tert-OH is 1. The van der Waals surface area contributed by atoms with Crippen molar-refractivity contribution in [2.24, 2.45) is 0 Å². The second kappa shape index (κ2) is 2.33. The predicted octanol–water partition coefficient (Wildman–Crippen LogP) is 0.490. The minimum atomic E-state index is -0.533. The van der Waals surface area contributed by atoms with Crippen LogP contribution in [0.2, 0.25) is 0 Å². The predicted molar refractivity (Wildman–Crippen MR) is 35.6 cm³/mol. The number of aromatic amines is 1. The SMILES string of the molecule is CC(O)c1c[nH]c(=O)s1. The normalized spacial score (nSPS) is 13.6. The molecule has 0 aliphatic heterocycles. The van der Waals surface area contributed by atoms with Crippen LogP contribution in [0.1, 0.15) is 17.9 Å². The molecule has 1 rings (SSSR count). The van der Waals surface area contributed by atoms with Gasteiger partial charge in [0.2, 0.25) is 0 Å². The molecule has 1 aromatic heterocycles. The van der Waals surface area contributed by atoms with E-state index in [1.165, 1.54) is 6.20 Å². The summed E-state index contributed by atoms with van der Waals surface area (Å²) in [6.07, 6.45) is 0.992. The van der Waals surface area contributed by atoms with Gasteiger partial charge in [0, 0.05) is 6.20 Å². The molecule has 1 atom stereocenters. The molecule has 0 saturated carbocycles.